The van der Waals surface area contributed by atoms with Gasteiger partial charge in [0.2, 0.25) is 0 Å². The molecule has 1 N–H and O–H groups in total. The molecule has 21 heavy (non-hydrogen) atoms. The summed E-state index contributed by atoms with van der Waals surface area (Å²) in [6, 6.07) is 5.75. The number of aryl methyl sites for hydroxylation is 1. The second-order valence-electron chi connectivity index (χ2n) is 4.69. The lowest BCUT2D eigenvalue weighted by Gasteiger charge is -2.09. The highest BCUT2D eigenvalue weighted by Gasteiger charge is 2.10. The van der Waals surface area contributed by atoms with Crippen molar-refractivity contribution in [3.63, 3.8) is 0 Å². The fourth-order valence-electron chi connectivity index (χ4n) is 1.87. The van der Waals surface area contributed by atoms with Gasteiger partial charge in [0.15, 0.2) is 0 Å². The van der Waals surface area contributed by atoms with Gasteiger partial charge in [-0.1, -0.05) is 12.1 Å². The molecule has 2 aromatic rings. The molecule has 0 saturated carbocycles. The van der Waals surface area contributed by atoms with Crippen molar-refractivity contribution in [3.05, 3.63) is 63.6 Å². The minimum atomic E-state index is -0.569. The van der Waals surface area contributed by atoms with Crippen LogP contribution in [0.15, 0.2) is 35.4 Å². The van der Waals surface area contributed by atoms with E-state index >= 15 is 0 Å². The Bertz CT molecular complexity index is 725. The average molecular weight is 289 g/mol. The van der Waals surface area contributed by atoms with Crippen LogP contribution in [0.5, 0.6) is 0 Å². The van der Waals surface area contributed by atoms with Crippen molar-refractivity contribution in [3.8, 4) is 0 Å². The molecule has 5 nitrogen and oxygen atoms in total. The summed E-state index contributed by atoms with van der Waals surface area (Å²) in [6.07, 6.45) is 1.44. The molecule has 0 saturated heterocycles. The van der Waals surface area contributed by atoms with Gasteiger partial charge in [-0.15, -0.1) is 0 Å². The normalized spacial score (nSPS) is 10.4. The van der Waals surface area contributed by atoms with E-state index in [1.54, 1.807) is 19.9 Å². The van der Waals surface area contributed by atoms with E-state index in [0.29, 0.717) is 11.3 Å². The van der Waals surface area contributed by atoms with Crippen LogP contribution in [-0.2, 0) is 6.54 Å². The number of nitrogens with zero attached hydrogens (tertiary/aromatic N) is 2. The molecule has 1 amide bonds. The predicted molar refractivity (Wildman–Crippen MR) is 76.7 cm³/mol. The molecule has 0 spiro atoms. The third-order valence-electron chi connectivity index (χ3n) is 3.27. The van der Waals surface area contributed by atoms with E-state index in [4.69, 9.17) is 0 Å². The number of carbonyl (C=O) groups is 1. The minimum absolute atomic E-state index is 0.0111. The zero-order valence-electron chi connectivity index (χ0n) is 11.9. The smallest absolute Gasteiger partial charge is 0.256 e. The number of carbonyl (C=O) groups excluding carboxylic acids is 1. The second-order valence-corrected chi connectivity index (χ2v) is 4.69. The molecule has 0 fully saturated rings. The van der Waals surface area contributed by atoms with Gasteiger partial charge in [-0.25, -0.2) is 9.37 Å². The van der Waals surface area contributed by atoms with E-state index in [9.17, 15) is 14.0 Å². The first-order valence-corrected chi connectivity index (χ1v) is 6.56. The van der Waals surface area contributed by atoms with Crippen LogP contribution in [0, 0.1) is 19.7 Å². The van der Waals surface area contributed by atoms with Crippen LogP contribution >= 0.6 is 0 Å². The summed E-state index contributed by atoms with van der Waals surface area (Å²) in [4.78, 5) is 27.8. The SMILES string of the molecule is Cc1ncn(CCNC(=O)c2ccccc2F)c(=O)c1C. The standard InChI is InChI=1S/C15H16FN3O2/c1-10-11(2)18-9-19(15(10)21)8-7-17-14(20)12-5-3-4-6-13(12)16/h3-6,9H,7-8H2,1-2H3,(H,17,20). The van der Waals surface area contributed by atoms with Crippen LogP contribution in [0.25, 0.3) is 0 Å². The van der Waals surface area contributed by atoms with E-state index < -0.39 is 11.7 Å². The number of halogens is 1. The third kappa shape index (κ3) is 3.34. The van der Waals surface area contributed by atoms with E-state index in [1.807, 2.05) is 0 Å². The summed E-state index contributed by atoms with van der Waals surface area (Å²) >= 11 is 0. The highest BCUT2D eigenvalue weighted by Crippen LogP contribution is 2.05. The summed E-state index contributed by atoms with van der Waals surface area (Å²) in [5, 5.41) is 2.58. The van der Waals surface area contributed by atoms with Gasteiger partial charge in [-0.05, 0) is 26.0 Å². The Morgan fingerprint density at radius 3 is 2.76 bits per heavy atom. The van der Waals surface area contributed by atoms with Gasteiger partial charge in [-0.2, -0.15) is 0 Å². The van der Waals surface area contributed by atoms with Crippen molar-refractivity contribution in [1.29, 1.82) is 0 Å². The Hall–Kier alpha value is -2.50. The molecule has 0 aliphatic heterocycles. The molecule has 0 atom stereocenters. The lowest BCUT2D eigenvalue weighted by atomic mass is 10.2. The van der Waals surface area contributed by atoms with Crippen LogP contribution in [0.1, 0.15) is 21.6 Å². The fourth-order valence-corrected chi connectivity index (χ4v) is 1.87. The number of aromatic nitrogens is 2. The Morgan fingerprint density at radius 1 is 1.33 bits per heavy atom. The highest BCUT2D eigenvalue weighted by atomic mass is 19.1. The van der Waals surface area contributed by atoms with Crippen LogP contribution in [0.2, 0.25) is 0 Å². The zero-order valence-corrected chi connectivity index (χ0v) is 11.9. The molecule has 1 aromatic carbocycles. The first kappa shape index (κ1) is 14.9. The molecule has 110 valence electrons. The topological polar surface area (TPSA) is 64.0 Å². The molecule has 0 aliphatic carbocycles. The van der Waals surface area contributed by atoms with Crippen LogP contribution in [0.3, 0.4) is 0 Å². The van der Waals surface area contributed by atoms with Crippen molar-refractivity contribution in [2.45, 2.75) is 20.4 Å². The third-order valence-corrected chi connectivity index (χ3v) is 3.27. The monoisotopic (exact) mass is 289 g/mol. The second kappa shape index (κ2) is 6.30. The van der Waals surface area contributed by atoms with Gasteiger partial charge in [0, 0.05) is 24.3 Å². The van der Waals surface area contributed by atoms with Crippen molar-refractivity contribution in [2.24, 2.45) is 0 Å². The van der Waals surface area contributed by atoms with E-state index in [2.05, 4.69) is 10.3 Å². The van der Waals surface area contributed by atoms with Gasteiger partial charge >= 0.3 is 0 Å². The predicted octanol–water partition coefficient (Wildman–Crippen LogP) is 1.43. The number of benzene rings is 1. The Labute approximate surface area is 121 Å². The number of hydrogen-bond acceptors (Lipinski definition) is 3. The molecule has 1 heterocycles. The zero-order chi connectivity index (χ0) is 15.4. The quantitative estimate of drug-likeness (QED) is 0.926. The summed E-state index contributed by atoms with van der Waals surface area (Å²) in [5.74, 6) is -1.07. The summed E-state index contributed by atoms with van der Waals surface area (Å²) in [6.45, 7) is 3.98. The number of hydrogen-bond donors (Lipinski definition) is 1. The van der Waals surface area contributed by atoms with Crippen molar-refractivity contribution in [2.75, 3.05) is 6.54 Å². The molecule has 0 bridgehead atoms. The van der Waals surface area contributed by atoms with Gasteiger partial charge < -0.3 is 5.32 Å². The van der Waals surface area contributed by atoms with E-state index in [1.165, 1.54) is 29.1 Å². The number of nitrogens with one attached hydrogen (secondary N) is 1. The number of amides is 1. The summed E-state index contributed by atoms with van der Waals surface area (Å²) in [5.41, 5.74) is 1.12. The molecule has 6 heteroatoms. The molecule has 2 rings (SSSR count). The maximum absolute atomic E-state index is 13.4. The lowest BCUT2D eigenvalue weighted by molar-refractivity contribution is 0.0948. The van der Waals surface area contributed by atoms with Gasteiger partial charge in [0.1, 0.15) is 5.82 Å². The van der Waals surface area contributed by atoms with Crippen LogP contribution in [-0.4, -0.2) is 22.0 Å². The van der Waals surface area contributed by atoms with Crippen LogP contribution < -0.4 is 10.9 Å². The number of rotatable bonds is 4. The summed E-state index contributed by atoms with van der Waals surface area (Å²) in [7, 11) is 0. The minimum Gasteiger partial charge on any atom is -0.350 e. The van der Waals surface area contributed by atoms with Crippen LogP contribution in [0.4, 0.5) is 4.39 Å². The first-order chi connectivity index (χ1) is 10.0. The maximum atomic E-state index is 13.4. The largest absolute Gasteiger partial charge is 0.350 e. The molecule has 0 radical (unpaired) electrons. The van der Waals surface area contributed by atoms with Gasteiger partial charge in [0.05, 0.1) is 11.9 Å². The van der Waals surface area contributed by atoms with Crippen molar-refractivity contribution < 1.29 is 9.18 Å². The molecule has 0 aliphatic rings. The summed E-state index contributed by atoms with van der Waals surface area (Å²) < 4.78 is 14.8. The Kier molecular flexibility index (Phi) is 4.47. The Balaban J connectivity index is 1.99. The fraction of sp³-hybridized carbons (Fsp3) is 0.267. The molecule has 1 aromatic heterocycles. The van der Waals surface area contributed by atoms with E-state index in [0.717, 1.165) is 0 Å². The Morgan fingerprint density at radius 2 is 2.05 bits per heavy atom. The average Bonchev–Trinajstić information content (AvgIpc) is 2.47. The maximum Gasteiger partial charge on any atom is 0.256 e. The molecule has 0 unspecified atom stereocenters. The van der Waals surface area contributed by atoms with E-state index in [-0.39, 0.29) is 24.2 Å². The van der Waals surface area contributed by atoms with Gasteiger partial charge in [-0.3, -0.25) is 14.2 Å². The van der Waals surface area contributed by atoms with Crippen molar-refractivity contribution in [1.82, 2.24) is 14.9 Å². The van der Waals surface area contributed by atoms with Gasteiger partial charge in [0.25, 0.3) is 11.5 Å². The molecular weight excluding hydrogens is 273 g/mol. The first-order valence-electron chi connectivity index (χ1n) is 6.56. The molecular formula is C15H16FN3O2. The van der Waals surface area contributed by atoms with Crippen molar-refractivity contribution >= 4 is 5.91 Å². The highest BCUT2D eigenvalue weighted by molar-refractivity contribution is 5.94. The lowest BCUT2D eigenvalue weighted by Crippen LogP contribution is -2.32.